The Morgan fingerprint density at radius 3 is 2.17 bits per heavy atom. The lowest BCUT2D eigenvalue weighted by atomic mass is 9.43. The zero-order chi connectivity index (χ0) is 34.4. The molecule has 5 heteroatoms. The molecule has 0 bridgehead atoms. The molecule has 0 spiro atoms. The van der Waals surface area contributed by atoms with E-state index in [0.29, 0.717) is 0 Å². The molecule has 0 unspecified atom stereocenters. The summed E-state index contributed by atoms with van der Waals surface area (Å²) >= 11 is 1.88. The van der Waals surface area contributed by atoms with Gasteiger partial charge < -0.3 is 13.8 Å². The highest BCUT2D eigenvalue weighted by Gasteiger charge is 2.44. The second-order valence-electron chi connectivity index (χ2n) is 14.4. The molecule has 0 N–H and O–H groups in total. The molecular formula is C48H27BN2OS. The van der Waals surface area contributed by atoms with Crippen molar-refractivity contribution in [2.45, 2.75) is 0 Å². The molecule has 0 radical (unpaired) electrons. The van der Waals surface area contributed by atoms with Crippen molar-refractivity contribution in [3.63, 3.8) is 0 Å². The van der Waals surface area contributed by atoms with Gasteiger partial charge in [-0.05, 0) is 88.3 Å². The summed E-state index contributed by atoms with van der Waals surface area (Å²) in [4.78, 5) is 2.56. The van der Waals surface area contributed by atoms with Crippen molar-refractivity contribution >= 4 is 104 Å². The van der Waals surface area contributed by atoms with Gasteiger partial charge in [-0.1, -0.05) is 103 Å². The molecule has 0 fully saturated rings. The van der Waals surface area contributed by atoms with Crippen molar-refractivity contribution in [2.24, 2.45) is 0 Å². The largest absolute Gasteiger partial charge is 0.456 e. The summed E-state index contributed by atoms with van der Waals surface area (Å²) in [7, 11) is 0. The Bertz CT molecular complexity index is 3370. The van der Waals surface area contributed by atoms with E-state index in [-0.39, 0.29) is 6.85 Å². The van der Waals surface area contributed by atoms with Crippen LogP contribution in [0.2, 0.25) is 0 Å². The van der Waals surface area contributed by atoms with Crippen molar-refractivity contribution in [3.8, 4) is 27.9 Å². The number of furan rings is 1. The van der Waals surface area contributed by atoms with Gasteiger partial charge >= 0.3 is 6.85 Å². The standard InChI is InChI=1S/C48H27BN2OS/c1-2-12-29(13-3-1)51-40-19-9-4-14-30(40)37-25-35(28-22-23-33-32-16-7-11-21-44(32)53-45(33)24-28)46-34-17-5-8-18-39(34)50-41-26-36-31-15-6-10-20-42(31)52-43(36)27-38(41)49(51)47(37)48(46)50/h1-27H. The van der Waals surface area contributed by atoms with Crippen LogP contribution < -0.4 is 15.7 Å². The fourth-order valence-electron chi connectivity index (χ4n) is 9.60. The van der Waals surface area contributed by atoms with Gasteiger partial charge in [0.1, 0.15) is 11.2 Å². The Hall–Kier alpha value is -6.56. The summed E-state index contributed by atoms with van der Waals surface area (Å²) in [6.45, 7) is -0.0756. The first-order valence-electron chi connectivity index (χ1n) is 18.2. The summed E-state index contributed by atoms with van der Waals surface area (Å²) in [5.41, 5.74) is 15.6. The van der Waals surface area contributed by atoms with Crippen LogP contribution in [-0.2, 0) is 0 Å². The molecule has 2 aliphatic rings. The molecule has 0 amide bonds. The molecule has 3 nitrogen and oxygen atoms in total. The molecule has 0 atom stereocenters. The second kappa shape index (κ2) is 10.1. The minimum absolute atomic E-state index is 0.0756. The van der Waals surface area contributed by atoms with Crippen molar-refractivity contribution in [1.29, 1.82) is 0 Å². The van der Waals surface area contributed by atoms with Gasteiger partial charge in [0, 0.05) is 64.3 Å². The summed E-state index contributed by atoms with van der Waals surface area (Å²) in [6.07, 6.45) is 0. The van der Waals surface area contributed by atoms with Crippen LogP contribution in [0.3, 0.4) is 0 Å². The van der Waals surface area contributed by atoms with E-state index in [1.54, 1.807) is 0 Å². The summed E-state index contributed by atoms with van der Waals surface area (Å²) in [5, 5.41) is 7.51. The van der Waals surface area contributed by atoms with Crippen LogP contribution in [0.25, 0.3) is 91.9 Å². The van der Waals surface area contributed by atoms with Gasteiger partial charge in [-0.15, -0.1) is 11.3 Å². The zero-order valence-electron chi connectivity index (χ0n) is 28.4. The van der Waals surface area contributed by atoms with E-state index < -0.39 is 0 Å². The molecule has 13 rings (SSSR count). The van der Waals surface area contributed by atoms with Gasteiger partial charge in [-0.25, -0.2) is 0 Å². The van der Waals surface area contributed by atoms with Crippen LogP contribution in [0.1, 0.15) is 0 Å². The summed E-state index contributed by atoms with van der Waals surface area (Å²) in [6, 6.07) is 60.4. The highest BCUT2D eigenvalue weighted by Crippen LogP contribution is 2.49. The quantitative estimate of drug-likeness (QED) is 0.168. The average molecular weight is 691 g/mol. The SMILES string of the molecule is c1ccc(N2B3c4cc5oc6ccccc6c5cc4-n4c5ccccc5c5c(-c6ccc7c(c6)sc6ccccc67)cc(c3c54)-c3ccccc32)cc1. The van der Waals surface area contributed by atoms with Crippen LogP contribution in [-0.4, -0.2) is 11.4 Å². The maximum atomic E-state index is 6.61. The fraction of sp³-hybridized carbons (Fsp3) is 0. The minimum Gasteiger partial charge on any atom is -0.456 e. The van der Waals surface area contributed by atoms with Gasteiger partial charge in [0.25, 0.3) is 0 Å². The lowest BCUT2D eigenvalue weighted by Crippen LogP contribution is -2.60. The van der Waals surface area contributed by atoms with E-state index in [9.17, 15) is 0 Å². The predicted molar refractivity (Wildman–Crippen MR) is 225 cm³/mol. The third kappa shape index (κ3) is 3.60. The molecule has 0 saturated carbocycles. The lowest BCUT2D eigenvalue weighted by molar-refractivity contribution is 0.669. The van der Waals surface area contributed by atoms with Gasteiger partial charge in [0.15, 0.2) is 0 Å². The Balaban J connectivity index is 1.23. The summed E-state index contributed by atoms with van der Waals surface area (Å²) < 4.78 is 11.8. The fourth-order valence-corrected chi connectivity index (χ4v) is 10.7. The van der Waals surface area contributed by atoms with Crippen LogP contribution in [0.4, 0.5) is 11.4 Å². The molecule has 2 aliphatic heterocycles. The molecule has 11 aromatic rings. The van der Waals surface area contributed by atoms with Crippen LogP contribution in [0.15, 0.2) is 168 Å². The third-order valence-electron chi connectivity index (χ3n) is 11.7. The van der Waals surface area contributed by atoms with Crippen molar-refractivity contribution in [2.75, 3.05) is 4.81 Å². The first-order valence-corrected chi connectivity index (χ1v) is 19.0. The lowest BCUT2D eigenvalue weighted by Gasteiger charge is -2.42. The molecule has 8 aromatic carbocycles. The molecule has 0 saturated heterocycles. The van der Waals surface area contributed by atoms with E-state index in [1.807, 2.05) is 11.3 Å². The number of thiophene rings is 1. The number of rotatable bonds is 2. The van der Waals surface area contributed by atoms with E-state index in [1.165, 1.54) is 92.2 Å². The van der Waals surface area contributed by atoms with Crippen LogP contribution in [0, 0.1) is 0 Å². The van der Waals surface area contributed by atoms with Crippen molar-refractivity contribution in [3.05, 3.63) is 164 Å². The molecule has 0 aliphatic carbocycles. The minimum atomic E-state index is -0.0756. The van der Waals surface area contributed by atoms with Crippen molar-refractivity contribution in [1.82, 2.24) is 4.57 Å². The van der Waals surface area contributed by atoms with Crippen LogP contribution in [0.5, 0.6) is 0 Å². The topological polar surface area (TPSA) is 21.3 Å². The maximum absolute atomic E-state index is 6.61. The zero-order valence-corrected chi connectivity index (χ0v) is 29.2. The third-order valence-corrected chi connectivity index (χ3v) is 12.9. The van der Waals surface area contributed by atoms with E-state index >= 15 is 0 Å². The number of para-hydroxylation sites is 4. The van der Waals surface area contributed by atoms with E-state index in [2.05, 4.69) is 173 Å². The smallest absolute Gasteiger partial charge is 0.333 e. The maximum Gasteiger partial charge on any atom is 0.333 e. The normalized spacial score (nSPS) is 13.2. The van der Waals surface area contributed by atoms with E-state index in [4.69, 9.17) is 4.42 Å². The van der Waals surface area contributed by atoms with Gasteiger partial charge in [-0.3, -0.25) is 0 Å². The van der Waals surface area contributed by atoms with E-state index in [0.717, 1.165) is 21.9 Å². The second-order valence-corrected chi connectivity index (χ2v) is 15.5. The molecule has 53 heavy (non-hydrogen) atoms. The number of anilines is 2. The first-order chi connectivity index (χ1) is 26.3. The first kappa shape index (κ1) is 28.1. The molecular weight excluding hydrogens is 663 g/mol. The number of hydrogen-bond donors (Lipinski definition) is 0. The molecule has 3 aromatic heterocycles. The summed E-state index contributed by atoms with van der Waals surface area (Å²) in [5.74, 6) is 0. The number of nitrogens with zero attached hydrogens (tertiary/aromatic N) is 2. The highest BCUT2D eigenvalue weighted by molar-refractivity contribution is 7.25. The number of fused-ring (bicyclic) bond motifs is 14. The number of benzene rings is 8. The highest BCUT2D eigenvalue weighted by atomic mass is 32.1. The Morgan fingerprint density at radius 1 is 0.491 bits per heavy atom. The van der Waals surface area contributed by atoms with Gasteiger partial charge in [0.05, 0.1) is 11.0 Å². The van der Waals surface area contributed by atoms with Gasteiger partial charge in [0.2, 0.25) is 0 Å². The number of aromatic nitrogens is 1. The number of hydrogen-bond acceptors (Lipinski definition) is 3. The van der Waals surface area contributed by atoms with Crippen LogP contribution >= 0.6 is 11.3 Å². The molecule has 5 heterocycles. The molecule has 244 valence electrons. The predicted octanol–water partition coefficient (Wildman–Crippen LogP) is 12.0. The monoisotopic (exact) mass is 690 g/mol. The van der Waals surface area contributed by atoms with Crippen molar-refractivity contribution < 1.29 is 4.42 Å². The Labute approximate surface area is 308 Å². The Kier molecular flexibility index (Phi) is 5.33. The average Bonchev–Trinajstić information content (AvgIpc) is 3.89. The van der Waals surface area contributed by atoms with Gasteiger partial charge in [-0.2, -0.15) is 0 Å². The Morgan fingerprint density at radius 2 is 1.25 bits per heavy atom.